The number of aryl methyl sites for hydroxylation is 2. The first-order valence-corrected chi connectivity index (χ1v) is 11.0. The fraction of sp³-hybridized carbons (Fsp3) is 0.500. The van der Waals surface area contributed by atoms with Gasteiger partial charge in [0.2, 0.25) is 0 Å². The quantitative estimate of drug-likeness (QED) is 0.154. The van der Waals surface area contributed by atoms with Crippen LogP contribution in [0.25, 0.3) is 0 Å². The van der Waals surface area contributed by atoms with E-state index in [1.807, 2.05) is 51.1 Å². The molecule has 0 aliphatic heterocycles. The number of amides is 1. The highest BCUT2D eigenvalue weighted by Gasteiger charge is 2.27. The predicted octanol–water partition coefficient (Wildman–Crippen LogP) is 4.01. The molecule has 0 saturated carbocycles. The normalized spacial score (nSPS) is 13.1. The Bertz CT molecular complexity index is 876. The molecule has 0 spiro atoms. The molecule has 2 aromatic rings. The second kappa shape index (κ2) is 13.5. The van der Waals surface area contributed by atoms with Gasteiger partial charge in [0.15, 0.2) is 5.96 Å². The number of rotatable bonds is 10. The van der Waals surface area contributed by atoms with Crippen LogP contribution >= 0.6 is 24.0 Å². The molecule has 1 unspecified atom stereocenters. The fourth-order valence-corrected chi connectivity index (χ4v) is 3.27. The number of carbonyl (C=O) groups is 1. The van der Waals surface area contributed by atoms with Gasteiger partial charge >= 0.3 is 0 Å². The minimum atomic E-state index is -1.09. The summed E-state index contributed by atoms with van der Waals surface area (Å²) in [5, 5.41) is 20.2. The first kappa shape index (κ1) is 28.0. The summed E-state index contributed by atoms with van der Waals surface area (Å²) in [5.74, 6) is 2.05. The van der Waals surface area contributed by atoms with Crippen molar-refractivity contribution in [3.05, 3.63) is 58.5 Å². The van der Waals surface area contributed by atoms with Crippen LogP contribution in [-0.4, -0.2) is 36.6 Å². The van der Waals surface area contributed by atoms with Gasteiger partial charge < -0.3 is 25.5 Å². The number of carbonyl (C=O) groups excluding carboxylic acids is 1. The zero-order valence-electron chi connectivity index (χ0n) is 19.7. The number of unbranched alkanes of at least 4 members (excludes halogenated alkanes) is 1. The number of benzene rings is 1. The smallest absolute Gasteiger partial charge is 0.251 e. The van der Waals surface area contributed by atoms with Gasteiger partial charge in [0.1, 0.15) is 17.1 Å². The van der Waals surface area contributed by atoms with Crippen LogP contribution in [0.15, 0.2) is 39.7 Å². The molecule has 0 fully saturated rings. The molecule has 1 atom stereocenters. The molecule has 1 aromatic carbocycles. The first-order chi connectivity index (χ1) is 14.8. The number of hydrogen-bond acceptors (Lipinski definition) is 4. The lowest BCUT2D eigenvalue weighted by molar-refractivity contribution is 0.0601. The van der Waals surface area contributed by atoms with Crippen LogP contribution in [0.3, 0.4) is 0 Å². The molecule has 4 N–H and O–H groups in total. The second-order valence-corrected chi connectivity index (χ2v) is 7.96. The van der Waals surface area contributed by atoms with E-state index in [2.05, 4.69) is 27.9 Å². The van der Waals surface area contributed by atoms with Crippen LogP contribution in [-0.2, 0) is 12.1 Å². The molecular formula is C24H37IN4O3. The minimum absolute atomic E-state index is 0. The third-order valence-corrected chi connectivity index (χ3v) is 5.02. The van der Waals surface area contributed by atoms with Crippen LogP contribution in [0, 0.1) is 13.8 Å². The molecule has 0 bridgehead atoms. The monoisotopic (exact) mass is 556 g/mol. The summed E-state index contributed by atoms with van der Waals surface area (Å²) in [6.07, 6.45) is 2.03. The van der Waals surface area contributed by atoms with Crippen molar-refractivity contribution in [2.24, 2.45) is 4.99 Å². The number of guanidine groups is 1. The summed E-state index contributed by atoms with van der Waals surface area (Å²) in [7, 11) is 0. The maximum atomic E-state index is 12.1. The zero-order chi connectivity index (χ0) is 22.9. The molecule has 178 valence electrons. The zero-order valence-corrected chi connectivity index (χ0v) is 22.1. The van der Waals surface area contributed by atoms with E-state index in [-0.39, 0.29) is 36.4 Å². The largest absolute Gasteiger partial charge is 0.466 e. The van der Waals surface area contributed by atoms with Gasteiger partial charge in [0, 0.05) is 24.2 Å². The van der Waals surface area contributed by atoms with Crippen molar-refractivity contribution in [1.29, 1.82) is 0 Å². The molecule has 0 aliphatic carbocycles. The molecular weight excluding hydrogens is 519 g/mol. The van der Waals surface area contributed by atoms with Gasteiger partial charge in [-0.2, -0.15) is 0 Å². The van der Waals surface area contributed by atoms with Crippen molar-refractivity contribution in [1.82, 2.24) is 16.0 Å². The van der Waals surface area contributed by atoms with E-state index in [0.29, 0.717) is 36.9 Å². The summed E-state index contributed by atoms with van der Waals surface area (Å²) in [5.41, 5.74) is 1.32. The lowest BCUT2D eigenvalue weighted by Crippen LogP contribution is -2.44. The number of nitrogens with one attached hydrogen (secondary N) is 3. The number of furan rings is 1. The van der Waals surface area contributed by atoms with Crippen LogP contribution in [0.1, 0.15) is 66.6 Å². The van der Waals surface area contributed by atoms with E-state index in [1.54, 1.807) is 6.92 Å². The van der Waals surface area contributed by atoms with E-state index in [9.17, 15) is 9.90 Å². The Morgan fingerprint density at radius 2 is 1.81 bits per heavy atom. The fourth-order valence-electron chi connectivity index (χ4n) is 3.27. The van der Waals surface area contributed by atoms with E-state index < -0.39 is 5.60 Å². The lowest BCUT2D eigenvalue weighted by Gasteiger charge is -2.24. The number of halogens is 1. The van der Waals surface area contributed by atoms with Crippen LogP contribution in [0.2, 0.25) is 0 Å². The molecule has 1 amide bonds. The van der Waals surface area contributed by atoms with Crippen molar-refractivity contribution in [2.45, 2.75) is 59.6 Å². The average Bonchev–Trinajstić information content (AvgIpc) is 3.09. The highest BCUT2D eigenvalue weighted by molar-refractivity contribution is 14.0. The average molecular weight is 556 g/mol. The van der Waals surface area contributed by atoms with Crippen LogP contribution in [0.5, 0.6) is 0 Å². The van der Waals surface area contributed by atoms with Crippen LogP contribution in [0.4, 0.5) is 0 Å². The van der Waals surface area contributed by atoms with Gasteiger partial charge in [0.05, 0.1) is 13.1 Å². The minimum Gasteiger partial charge on any atom is -0.466 e. The number of hydrogen-bond donors (Lipinski definition) is 4. The van der Waals surface area contributed by atoms with E-state index in [4.69, 9.17) is 4.42 Å². The van der Waals surface area contributed by atoms with Crippen molar-refractivity contribution in [3.8, 4) is 0 Å². The summed E-state index contributed by atoms with van der Waals surface area (Å²) >= 11 is 0. The maximum Gasteiger partial charge on any atom is 0.251 e. The lowest BCUT2D eigenvalue weighted by atomic mass is 9.96. The maximum absolute atomic E-state index is 12.1. The topological polar surface area (TPSA) is 98.9 Å². The Morgan fingerprint density at radius 1 is 1.12 bits per heavy atom. The Labute approximate surface area is 208 Å². The Kier molecular flexibility index (Phi) is 11.8. The molecule has 0 saturated heterocycles. The molecule has 1 heterocycles. The number of aliphatic imine (C=N–C) groups is 1. The van der Waals surface area contributed by atoms with E-state index >= 15 is 0 Å². The van der Waals surface area contributed by atoms with E-state index in [1.165, 1.54) is 0 Å². The van der Waals surface area contributed by atoms with Gasteiger partial charge in [-0.05, 0) is 57.9 Å². The molecule has 0 aliphatic rings. The van der Waals surface area contributed by atoms with Crippen molar-refractivity contribution in [3.63, 3.8) is 0 Å². The molecule has 1 aromatic heterocycles. The van der Waals surface area contributed by atoms with Gasteiger partial charge in [-0.3, -0.25) is 4.79 Å². The molecule has 32 heavy (non-hydrogen) atoms. The van der Waals surface area contributed by atoms with Crippen molar-refractivity contribution < 1.29 is 14.3 Å². The third kappa shape index (κ3) is 8.46. The van der Waals surface area contributed by atoms with Gasteiger partial charge in [-0.15, -0.1) is 24.0 Å². The van der Waals surface area contributed by atoms with Crippen molar-refractivity contribution in [2.75, 3.05) is 19.6 Å². The molecule has 8 heteroatoms. The predicted molar refractivity (Wildman–Crippen MR) is 140 cm³/mol. The Morgan fingerprint density at radius 3 is 2.38 bits per heavy atom. The highest BCUT2D eigenvalue weighted by Crippen LogP contribution is 2.26. The van der Waals surface area contributed by atoms with Crippen molar-refractivity contribution >= 4 is 35.8 Å². The summed E-state index contributed by atoms with van der Waals surface area (Å²) in [4.78, 5) is 16.7. The third-order valence-electron chi connectivity index (χ3n) is 5.02. The second-order valence-electron chi connectivity index (χ2n) is 7.96. The van der Waals surface area contributed by atoms with Gasteiger partial charge in [0.25, 0.3) is 5.91 Å². The summed E-state index contributed by atoms with van der Waals surface area (Å²) in [6.45, 7) is 11.7. The summed E-state index contributed by atoms with van der Waals surface area (Å²) < 4.78 is 5.55. The molecule has 0 radical (unpaired) electrons. The first-order valence-electron chi connectivity index (χ1n) is 11.0. The Hall–Kier alpha value is -2.07. The Balaban J connectivity index is 0.00000512. The number of aliphatic hydroxyl groups is 1. The van der Waals surface area contributed by atoms with Gasteiger partial charge in [-0.25, -0.2) is 4.99 Å². The highest BCUT2D eigenvalue weighted by atomic mass is 127. The summed E-state index contributed by atoms with van der Waals surface area (Å²) in [6, 6.07) is 9.33. The number of nitrogens with zero attached hydrogens (tertiary/aromatic N) is 1. The standard InChI is InChI=1S/C24H36N4O3.HI/c1-6-8-13-26-22(29)20-11-9-19(10-12-20)15-27-23(25-7-2)28-16-24(5,30)21-14-17(3)31-18(21)4;/h9-12,14,30H,6-8,13,15-16H2,1-5H3,(H,26,29)(H2,25,27,28);1H. The molecule has 2 rings (SSSR count). The van der Waals surface area contributed by atoms with Gasteiger partial charge in [-0.1, -0.05) is 25.5 Å². The van der Waals surface area contributed by atoms with Crippen LogP contribution < -0.4 is 16.0 Å². The SMILES string of the molecule is CCCCNC(=O)c1ccc(CN=C(NCC)NCC(C)(O)c2cc(C)oc2C)cc1.I. The van der Waals surface area contributed by atoms with E-state index in [0.717, 1.165) is 29.7 Å². The molecule has 7 nitrogen and oxygen atoms in total.